The monoisotopic (exact) mass is 248 g/mol. The number of hydrogen-bond donors (Lipinski definition) is 0. The van der Waals surface area contributed by atoms with Crippen molar-refractivity contribution < 1.29 is 14.3 Å². The van der Waals surface area contributed by atoms with Crippen molar-refractivity contribution in [3.05, 3.63) is 34.9 Å². The number of rotatable bonds is 7. The molecule has 1 aromatic rings. The Balaban J connectivity index is 2.59. The van der Waals surface area contributed by atoms with Gasteiger partial charge in [0.05, 0.1) is 13.0 Å². The molecule has 0 saturated heterocycles. The second-order valence-electron chi connectivity index (χ2n) is 4.40. The number of carbonyl (C=O) groups is 2. The Hall–Kier alpha value is -1.48. The number of hydrogen-bond acceptors (Lipinski definition) is 3. The molecule has 18 heavy (non-hydrogen) atoms. The molecule has 0 atom stereocenters. The third kappa shape index (κ3) is 4.41. The fourth-order valence-electron chi connectivity index (χ4n) is 1.73. The Morgan fingerprint density at radius 3 is 2.61 bits per heavy atom. The quantitative estimate of drug-likeness (QED) is 0.423. The molecule has 3 nitrogen and oxygen atoms in total. The zero-order chi connectivity index (χ0) is 13.5. The maximum absolute atomic E-state index is 12.0. The second kappa shape index (κ2) is 7.07. The van der Waals surface area contributed by atoms with Gasteiger partial charge in [-0.15, -0.1) is 0 Å². The molecule has 0 radical (unpaired) electrons. The van der Waals surface area contributed by atoms with Crippen LogP contribution < -0.4 is 0 Å². The fourth-order valence-corrected chi connectivity index (χ4v) is 1.73. The lowest BCUT2D eigenvalue weighted by molar-refractivity contribution is -0.119. The molecule has 0 aromatic heterocycles. The number of ether oxygens (including phenoxy) is 1. The highest BCUT2D eigenvalue weighted by Gasteiger charge is 2.13. The summed E-state index contributed by atoms with van der Waals surface area (Å²) in [5, 5.41) is 0. The normalized spacial score (nSPS) is 10.4. The first-order valence-corrected chi connectivity index (χ1v) is 6.24. The van der Waals surface area contributed by atoms with Crippen LogP contribution in [0.15, 0.2) is 18.2 Å². The lowest BCUT2D eigenvalue weighted by Gasteiger charge is -2.06. The summed E-state index contributed by atoms with van der Waals surface area (Å²) in [7, 11) is 0. The molecular formula is C15H20O3. The van der Waals surface area contributed by atoms with Gasteiger partial charge in [-0.1, -0.05) is 17.7 Å². The van der Waals surface area contributed by atoms with Crippen molar-refractivity contribution >= 4 is 11.6 Å². The molecule has 0 saturated carbocycles. The van der Waals surface area contributed by atoms with Crippen LogP contribution in [0.4, 0.5) is 0 Å². The summed E-state index contributed by atoms with van der Waals surface area (Å²) in [5.41, 5.74) is 2.61. The minimum atomic E-state index is -0.0994. The summed E-state index contributed by atoms with van der Waals surface area (Å²) in [4.78, 5) is 23.6. The van der Waals surface area contributed by atoms with Crippen LogP contribution in [0, 0.1) is 13.8 Å². The van der Waals surface area contributed by atoms with Crippen molar-refractivity contribution in [3.8, 4) is 0 Å². The third-order valence-corrected chi connectivity index (χ3v) is 2.78. The topological polar surface area (TPSA) is 43.4 Å². The molecule has 0 aliphatic rings. The SMILES string of the molecule is CCOCCC(=O)CC(=O)c1cc(C)ccc1C. The van der Waals surface area contributed by atoms with Gasteiger partial charge in [0.2, 0.25) is 0 Å². The molecule has 1 aromatic carbocycles. The largest absolute Gasteiger partial charge is 0.381 e. The number of ketones is 2. The summed E-state index contributed by atoms with van der Waals surface area (Å²) in [6, 6.07) is 5.71. The van der Waals surface area contributed by atoms with E-state index in [2.05, 4.69) is 0 Å². The highest BCUT2D eigenvalue weighted by atomic mass is 16.5. The number of benzene rings is 1. The average molecular weight is 248 g/mol. The van der Waals surface area contributed by atoms with Gasteiger partial charge in [0.25, 0.3) is 0 Å². The van der Waals surface area contributed by atoms with Gasteiger partial charge in [-0.05, 0) is 32.4 Å². The van der Waals surface area contributed by atoms with Crippen molar-refractivity contribution in [2.75, 3.05) is 13.2 Å². The van der Waals surface area contributed by atoms with E-state index in [-0.39, 0.29) is 18.0 Å². The van der Waals surface area contributed by atoms with Gasteiger partial charge in [0.1, 0.15) is 5.78 Å². The molecule has 0 aliphatic heterocycles. The predicted molar refractivity (Wildman–Crippen MR) is 71.0 cm³/mol. The Labute approximate surface area is 108 Å². The fraction of sp³-hybridized carbons (Fsp3) is 0.467. The van der Waals surface area contributed by atoms with Crippen molar-refractivity contribution in [3.63, 3.8) is 0 Å². The summed E-state index contributed by atoms with van der Waals surface area (Å²) < 4.78 is 5.10. The third-order valence-electron chi connectivity index (χ3n) is 2.78. The van der Waals surface area contributed by atoms with Crippen molar-refractivity contribution in [1.82, 2.24) is 0 Å². The Morgan fingerprint density at radius 2 is 1.94 bits per heavy atom. The molecule has 0 heterocycles. The molecule has 0 spiro atoms. The van der Waals surface area contributed by atoms with Crippen LogP contribution in [-0.4, -0.2) is 24.8 Å². The smallest absolute Gasteiger partial charge is 0.170 e. The number of Topliss-reactive ketones (excluding diaryl/α,β-unsaturated/α-hetero) is 2. The van der Waals surface area contributed by atoms with E-state index in [0.29, 0.717) is 25.2 Å². The van der Waals surface area contributed by atoms with Crippen LogP contribution in [0.5, 0.6) is 0 Å². The second-order valence-corrected chi connectivity index (χ2v) is 4.40. The molecular weight excluding hydrogens is 228 g/mol. The highest BCUT2D eigenvalue weighted by molar-refractivity contribution is 6.08. The molecule has 1 rings (SSSR count). The predicted octanol–water partition coefficient (Wildman–Crippen LogP) is 2.87. The van der Waals surface area contributed by atoms with Crippen LogP contribution in [0.1, 0.15) is 41.3 Å². The van der Waals surface area contributed by atoms with Crippen LogP contribution in [0.25, 0.3) is 0 Å². The minimum absolute atomic E-state index is 0.0304. The van der Waals surface area contributed by atoms with E-state index in [1.54, 1.807) is 0 Å². The van der Waals surface area contributed by atoms with Crippen molar-refractivity contribution in [2.24, 2.45) is 0 Å². The van der Waals surface area contributed by atoms with E-state index in [9.17, 15) is 9.59 Å². The van der Waals surface area contributed by atoms with Crippen molar-refractivity contribution in [1.29, 1.82) is 0 Å². The van der Waals surface area contributed by atoms with E-state index in [1.807, 2.05) is 39.0 Å². The summed E-state index contributed by atoms with van der Waals surface area (Å²) in [6.45, 7) is 6.70. The maximum atomic E-state index is 12.0. The zero-order valence-corrected chi connectivity index (χ0v) is 11.3. The van der Waals surface area contributed by atoms with E-state index >= 15 is 0 Å². The molecule has 0 unspecified atom stereocenters. The van der Waals surface area contributed by atoms with E-state index in [1.165, 1.54) is 0 Å². The average Bonchev–Trinajstić information content (AvgIpc) is 2.32. The standard InChI is InChI=1S/C15H20O3/c1-4-18-8-7-13(16)10-15(17)14-9-11(2)5-6-12(14)3/h5-6,9H,4,7-8,10H2,1-3H3. The van der Waals surface area contributed by atoms with Gasteiger partial charge in [-0.2, -0.15) is 0 Å². The van der Waals surface area contributed by atoms with E-state index in [4.69, 9.17) is 4.74 Å². The Bertz CT molecular complexity index is 435. The molecule has 0 aliphatic carbocycles. The summed E-state index contributed by atoms with van der Waals surface area (Å²) >= 11 is 0. The van der Waals surface area contributed by atoms with Crippen LogP contribution in [0.3, 0.4) is 0 Å². The highest BCUT2D eigenvalue weighted by Crippen LogP contribution is 2.13. The van der Waals surface area contributed by atoms with Gasteiger partial charge in [0, 0.05) is 18.6 Å². The lowest BCUT2D eigenvalue weighted by atomic mass is 9.98. The molecule has 3 heteroatoms. The summed E-state index contributed by atoms with van der Waals surface area (Å²) in [6.07, 6.45) is 0.280. The van der Waals surface area contributed by atoms with E-state index in [0.717, 1.165) is 11.1 Å². The van der Waals surface area contributed by atoms with Crippen molar-refractivity contribution in [2.45, 2.75) is 33.6 Å². The Kier molecular flexibility index (Phi) is 5.72. The van der Waals surface area contributed by atoms with Crippen LogP contribution in [-0.2, 0) is 9.53 Å². The number of aryl methyl sites for hydroxylation is 2. The first-order chi connectivity index (χ1) is 8.54. The van der Waals surface area contributed by atoms with Gasteiger partial charge >= 0.3 is 0 Å². The van der Waals surface area contributed by atoms with Crippen LogP contribution >= 0.6 is 0 Å². The Morgan fingerprint density at radius 1 is 1.22 bits per heavy atom. The summed E-state index contributed by atoms with van der Waals surface area (Å²) in [5.74, 6) is -0.160. The molecule has 0 N–H and O–H groups in total. The lowest BCUT2D eigenvalue weighted by Crippen LogP contribution is -2.11. The van der Waals surface area contributed by atoms with E-state index < -0.39 is 0 Å². The first-order valence-electron chi connectivity index (χ1n) is 6.24. The zero-order valence-electron chi connectivity index (χ0n) is 11.3. The maximum Gasteiger partial charge on any atom is 0.170 e. The molecule has 98 valence electrons. The molecule has 0 amide bonds. The first kappa shape index (κ1) is 14.6. The van der Waals surface area contributed by atoms with Gasteiger partial charge in [-0.25, -0.2) is 0 Å². The van der Waals surface area contributed by atoms with Gasteiger partial charge in [-0.3, -0.25) is 9.59 Å². The molecule has 0 bridgehead atoms. The van der Waals surface area contributed by atoms with Crippen LogP contribution in [0.2, 0.25) is 0 Å². The number of carbonyl (C=O) groups excluding carboxylic acids is 2. The molecule has 0 fully saturated rings. The minimum Gasteiger partial charge on any atom is -0.381 e. The van der Waals surface area contributed by atoms with Gasteiger partial charge < -0.3 is 4.74 Å². The van der Waals surface area contributed by atoms with Gasteiger partial charge in [0.15, 0.2) is 5.78 Å².